The zero-order valence-electron chi connectivity index (χ0n) is 14.2. The van der Waals surface area contributed by atoms with Crippen molar-refractivity contribution in [1.29, 1.82) is 0 Å². The number of fused-ring (bicyclic) bond motifs is 1. The highest BCUT2D eigenvalue weighted by Crippen LogP contribution is 2.33. The number of aryl methyl sites for hydroxylation is 1. The van der Waals surface area contributed by atoms with Crippen molar-refractivity contribution in [1.82, 2.24) is 20.0 Å². The van der Waals surface area contributed by atoms with Gasteiger partial charge in [-0.3, -0.25) is 20.0 Å². The van der Waals surface area contributed by atoms with Crippen LogP contribution in [0.3, 0.4) is 0 Å². The summed E-state index contributed by atoms with van der Waals surface area (Å²) in [7, 11) is 1.96. The number of carbonyl (C=O) groups excluding carboxylic acids is 2. The normalized spacial score (nSPS) is 15.7. The third-order valence-electron chi connectivity index (χ3n) is 4.15. The number of thiocarbonyl (C=S) groups is 1. The van der Waals surface area contributed by atoms with E-state index < -0.39 is 5.91 Å². The van der Waals surface area contributed by atoms with Gasteiger partial charge in [0.1, 0.15) is 0 Å². The first kappa shape index (κ1) is 17.4. The van der Waals surface area contributed by atoms with Crippen LogP contribution in [0.25, 0.3) is 17.0 Å². The summed E-state index contributed by atoms with van der Waals surface area (Å²) in [6, 6.07) is 11.2. The maximum absolute atomic E-state index is 12.7. The van der Waals surface area contributed by atoms with Gasteiger partial charge in [-0.2, -0.15) is 5.01 Å². The average molecular weight is 394 g/mol. The first-order valence-electron chi connectivity index (χ1n) is 8.07. The van der Waals surface area contributed by atoms with Crippen molar-refractivity contribution in [3.63, 3.8) is 0 Å². The number of carbonyl (C=O) groups is 2. The number of nitrogens with one attached hydrogen (secondary N) is 1. The lowest BCUT2D eigenvalue weighted by atomic mass is 10.1. The molecule has 0 saturated carbocycles. The predicted molar refractivity (Wildman–Crippen MR) is 110 cm³/mol. The summed E-state index contributed by atoms with van der Waals surface area (Å²) in [6.07, 6.45) is 6.77. The number of hydrogen-bond acceptors (Lipinski definition) is 5. The summed E-state index contributed by atoms with van der Waals surface area (Å²) < 4.78 is 2.29. The Morgan fingerprint density at radius 2 is 2.07 bits per heavy atom. The summed E-state index contributed by atoms with van der Waals surface area (Å²) in [5, 5.41) is 2.15. The summed E-state index contributed by atoms with van der Waals surface area (Å²) in [6.45, 7) is 0. The SMILES string of the molecule is Cn1cc(/C=C2\SC(=S)N(NC(=O)c3cccnc3)C2=O)c2ccccc21. The number of pyridine rings is 1. The molecule has 0 radical (unpaired) electrons. The molecule has 1 aliphatic rings. The Bertz CT molecular complexity index is 1110. The van der Waals surface area contributed by atoms with Crippen molar-refractivity contribution in [2.24, 2.45) is 7.05 Å². The molecule has 2 amide bonds. The molecule has 3 heterocycles. The minimum absolute atomic E-state index is 0.281. The van der Waals surface area contributed by atoms with Crippen LogP contribution >= 0.6 is 24.0 Å². The van der Waals surface area contributed by atoms with Crippen molar-refractivity contribution in [2.45, 2.75) is 0 Å². The highest BCUT2D eigenvalue weighted by Gasteiger charge is 2.34. The van der Waals surface area contributed by atoms with E-state index in [1.165, 1.54) is 6.20 Å². The zero-order valence-corrected chi connectivity index (χ0v) is 15.9. The third kappa shape index (κ3) is 3.24. The molecule has 27 heavy (non-hydrogen) atoms. The first-order chi connectivity index (χ1) is 13.0. The summed E-state index contributed by atoms with van der Waals surface area (Å²) in [5.74, 6) is -0.791. The minimum atomic E-state index is -0.439. The maximum atomic E-state index is 12.7. The largest absolute Gasteiger partial charge is 0.350 e. The molecule has 1 N–H and O–H groups in total. The van der Waals surface area contributed by atoms with Crippen molar-refractivity contribution in [3.05, 3.63) is 71.0 Å². The van der Waals surface area contributed by atoms with Crippen LogP contribution in [0.4, 0.5) is 0 Å². The Hall–Kier alpha value is -2.97. The number of rotatable bonds is 3. The lowest BCUT2D eigenvalue weighted by molar-refractivity contribution is -0.123. The van der Waals surface area contributed by atoms with Gasteiger partial charge in [0.05, 0.1) is 10.5 Å². The van der Waals surface area contributed by atoms with E-state index in [1.807, 2.05) is 42.1 Å². The van der Waals surface area contributed by atoms with E-state index in [1.54, 1.807) is 24.4 Å². The Morgan fingerprint density at radius 3 is 2.85 bits per heavy atom. The molecule has 2 aromatic heterocycles. The van der Waals surface area contributed by atoms with Crippen LogP contribution in [0.15, 0.2) is 59.9 Å². The van der Waals surface area contributed by atoms with E-state index in [4.69, 9.17) is 12.2 Å². The van der Waals surface area contributed by atoms with Crippen LogP contribution in [-0.2, 0) is 11.8 Å². The van der Waals surface area contributed by atoms with Crippen LogP contribution in [-0.4, -0.2) is 30.7 Å². The molecule has 134 valence electrons. The Kier molecular flexibility index (Phi) is 4.51. The second-order valence-corrected chi connectivity index (χ2v) is 7.59. The Balaban J connectivity index is 1.61. The van der Waals surface area contributed by atoms with Gasteiger partial charge in [0, 0.05) is 42.1 Å². The van der Waals surface area contributed by atoms with Crippen molar-refractivity contribution in [3.8, 4) is 0 Å². The number of hydrazine groups is 1. The average Bonchev–Trinajstić information content (AvgIpc) is 3.14. The summed E-state index contributed by atoms with van der Waals surface area (Å²) >= 11 is 6.43. The van der Waals surface area contributed by atoms with Gasteiger partial charge in [0.25, 0.3) is 11.8 Å². The Morgan fingerprint density at radius 1 is 1.26 bits per heavy atom. The standard InChI is InChI=1S/C19H14N4O2S2/c1-22-11-13(14-6-2-3-7-15(14)22)9-16-18(25)23(19(26)27-16)21-17(24)12-5-4-8-20-10-12/h2-11H,1H3,(H,21,24)/b16-9-. The maximum Gasteiger partial charge on any atom is 0.285 e. The molecular weight excluding hydrogens is 380 g/mol. The van der Waals surface area contributed by atoms with Crippen molar-refractivity contribution in [2.75, 3.05) is 0 Å². The van der Waals surface area contributed by atoms with Gasteiger partial charge in [-0.05, 0) is 36.5 Å². The van der Waals surface area contributed by atoms with Gasteiger partial charge in [0.15, 0.2) is 4.32 Å². The predicted octanol–water partition coefficient (Wildman–Crippen LogP) is 3.12. The van der Waals surface area contributed by atoms with E-state index >= 15 is 0 Å². The molecule has 6 nitrogen and oxygen atoms in total. The number of amides is 2. The van der Waals surface area contributed by atoms with Crippen LogP contribution in [0, 0.1) is 0 Å². The van der Waals surface area contributed by atoms with E-state index in [-0.39, 0.29) is 10.2 Å². The van der Waals surface area contributed by atoms with Gasteiger partial charge < -0.3 is 4.57 Å². The number of hydrogen-bond donors (Lipinski definition) is 1. The molecule has 4 rings (SSSR count). The van der Waals surface area contributed by atoms with Gasteiger partial charge in [0.2, 0.25) is 0 Å². The molecule has 0 bridgehead atoms. The fourth-order valence-electron chi connectivity index (χ4n) is 2.86. The topological polar surface area (TPSA) is 67.2 Å². The number of nitrogens with zero attached hydrogens (tertiary/aromatic N) is 3. The number of aromatic nitrogens is 2. The van der Waals surface area contributed by atoms with Crippen LogP contribution in [0.2, 0.25) is 0 Å². The molecule has 1 aliphatic heterocycles. The van der Waals surface area contributed by atoms with E-state index in [0.29, 0.717) is 10.5 Å². The monoisotopic (exact) mass is 394 g/mol. The molecule has 1 saturated heterocycles. The van der Waals surface area contributed by atoms with Crippen LogP contribution in [0.1, 0.15) is 15.9 Å². The molecule has 0 aliphatic carbocycles. The fourth-order valence-corrected chi connectivity index (χ4v) is 4.03. The molecular formula is C19H14N4O2S2. The third-order valence-corrected chi connectivity index (χ3v) is 5.45. The van der Waals surface area contributed by atoms with Gasteiger partial charge >= 0.3 is 0 Å². The highest BCUT2D eigenvalue weighted by molar-refractivity contribution is 8.26. The molecule has 0 atom stereocenters. The highest BCUT2D eigenvalue weighted by atomic mass is 32.2. The second-order valence-electron chi connectivity index (χ2n) is 5.91. The molecule has 3 aromatic rings. The van der Waals surface area contributed by atoms with Crippen LogP contribution < -0.4 is 5.43 Å². The molecule has 1 fully saturated rings. The number of thioether (sulfide) groups is 1. The van der Waals surface area contributed by atoms with E-state index in [0.717, 1.165) is 33.2 Å². The molecule has 0 unspecified atom stereocenters. The number of benzene rings is 1. The molecule has 1 aromatic carbocycles. The zero-order chi connectivity index (χ0) is 19.0. The van der Waals surface area contributed by atoms with Gasteiger partial charge in [-0.1, -0.05) is 30.0 Å². The van der Waals surface area contributed by atoms with Crippen LogP contribution in [0.5, 0.6) is 0 Å². The van der Waals surface area contributed by atoms with Crippen molar-refractivity contribution >= 4 is 57.1 Å². The van der Waals surface area contributed by atoms with E-state index in [2.05, 4.69) is 10.4 Å². The number of para-hydroxylation sites is 1. The van der Waals surface area contributed by atoms with Gasteiger partial charge in [-0.15, -0.1) is 0 Å². The fraction of sp³-hybridized carbons (Fsp3) is 0.0526. The minimum Gasteiger partial charge on any atom is -0.350 e. The Labute approximate surface area is 164 Å². The van der Waals surface area contributed by atoms with Gasteiger partial charge in [-0.25, -0.2) is 0 Å². The van der Waals surface area contributed by atoms with E-state index in [9.17, 15) is 9.59 Å². The van der Waals surface area contributed by atoms with Crippen molar-refractivity contribution < 1.29 is 9.59 Å². The molecule has 8 heteroatoms. The summed E-state index contributed by atoms with van der Waals surface area (Å²) in [4.78, 5) is 29.4. The lowest BCUT2D eigenvalue weighted by Gasteiger charge is -2.15. The first-order valence-corrected chi connectivity index (χ1v) is 9.30. The summed E-state index contributed by atoms with van der Waals surface area (Å²) in [5.41, 5.74) is 4.90. The molecule has 0 spiro atoms. The second kappa shape index (κ2) is 6.98. The quantitative estimate of drug-likeness (QED) is 0.546. The lowest BCUT2D eigenvalue weighted by Crippen LogP contribution is -2.44. The smallest absolute Gasteiger partial charge is 0.285 e.